The minimum Gasteiger partial charge on any atom is -0.323 e. The van der Waals surface area contributed by atoms with Crippen molar-refractivity contribution in [3.05, 3.63) is 72.2 Å². The lowest BCUT2D eigenvalue weighted by Crippen LogP contribution is -2.31. The molecule has 2 aromatic carbocycles. The van der Waals surface area contributed by atoms with Crippen LogP contribution in [-0.2, 0) is 4.79 Å². The molecule has 1 heterocycles. The van der Waals surface area contributed by atoms with Gasteiger partial charge in [-0.1, -0.05) is 34.8 Å². The standard InChI is InChI=1S/C17H11Cl3N4O4/c1-8(16(25)22-15-6-12(19)11(18)5-13(15)20)23-7-21-14-3-2-9(24(27)28)4-10(14)17(23)26/h2-8H,1H3,(H,22,25). The molecular formula is C17H11Cl3N4O4. The Morgan fingerprint density at radius 1 is 1.18 bits per heavy atom. The van der Waals surface area contributed by atoms with Crippen LogP contribution in [0.15, 0.2) is 41.5 Å². The number of benzene rings is 2. The number of amides is 1. The van der Waals surface area contributed by atoms with E-state index in [2.05, 4.69) is 10.3 Å². The lowest BCUT2D eigenvalue weighted by atomic mass is 10.2. The predicted molar refractivity (Wildman–Crippen MR) is 107 cm³/mol. The second-order valence-corrected chi connectivity index (χ2v) is 7.05. The average Bonchev–Trinajstić information content (AvgIpc) is 2.65. The SMILES string of the molecule is CC(C(=O)Nc1cc(Cl)c(Cl)cc1Cl)n1cnc2ccc([N+](=O)[O-])cc2c1=O. The van der Waals surface area contributed by atoms with Crippen molar-refractivity contribution in [3.63, 3.8) is 0 Å². The summed E-state index contributed by atoms with van der Waals surface area (Å²) in [4.78, 5) is 39.7. The summed E-state index contributed by atoms with van der Waals surface area (Å²) < 4.78 is 1.08. The fourth-order valence-corrected chi connectivity index (χ4v) is 3.09. The summed E-state index contributed by atoms with van der Waals surface area (Å²) in [6.45, 7) is 1.48. The Hall–Kier alpha value is -2.68. The Balaban J connectivity index is 1.96. The Bertz CT molecular complexity index is 1180. The summed E-state index contributed by atoms with van der Waals surface area (Å²) in [5.74, 6) is -0.561. The largest absolute Gasteiger partial charge is 0.323 e. The van der Waals surface area contributed by atoms with Crippen LogP contribution in [0.2, 0.25) is 15.1 Å². The summed E-state index contributed by atoms with van der Waals surface area (Å²) in [6, 6.07) is 5.55. The number of nitro groups is 1. The number of aromatic nitrogens is 2. The van der Waals surface area contributed by atoms with E-state index >= 15 is 0 Å². The van der Waals surface area contributed by atoms with Crippen LogP contribution in [-0.4, -0.2) is 20.4 Å². The Labute approximate surface area is 172 Å². The van der Waals surface area contributed by atoms with Gasteiger partial charge in [0, 0.05) is 12.1 Å². The summed E-state index contributed by atoms with van der Waals surface area (Å²) in [7, 11) is 0. The van der Waals surface area contributed by atoms with E-state index in [9.17, 15) is 19.7 Å². The number of anilines is 1. The molecule has 8 nitrogen and oxygen atoms in total. The molecule has 0 saturated heterocycles. The molecule has 28 heavy (non-hydrogen) atoms. The topological polar surface area (TPSA) is 107 Å². The molecule has 144 valence electrons. The van der Waals surface area contributed by atoms with E-state index < -0.39 is 22.4 Å². The van der Waals surface area contributed by atoms with E-state index in [1.807, 2.05) is 0 Å². The van der Waals surface area contributed by atoms with Gasteiger partial charge < -0.3 is 5.32 Å². The van der Waals surface area contributed by atoms with Gasteiger partial charge in [-0.15, -0.1) is 0 Å². The molecule has 3 aromatic rings. The van der Waals surface area contributed by atoms with Gasteiger partial charge in [0.05, 0.1) is 42.9 Å². The fourth-order valence-electron chi connectivity index (χ4n) is 2.50. The minimum absolute atomic E-state index is 0.0314. The molecule has 1 unspecified atom stereocenters. The zero-order valence-electron chi connectivity index (χ0n) is 14.1. The fraction of sp³-hybridized carbons (Fsp3) is 0.118. The van der Waals surface area contributed by atoms with Gasteiger partial charge in [-0.2, -0.15) is 0 Å². The second kappa shape index (κ2) is 7.75. The maximum atomic E-state index is 12.7. The average molecular weight is 442 g/mol. The number of halogens is 3. The number of nitro benzene ring substituents is 1. The second-order valence-electron chi connectivity index (χ2n) is 5.83. The first kappa shape index (κ1) is 20.1. The van der Waals surface area contributed by atoms with Crippen LogP contribution < -0.4 is 10.9 Å². The van der Waals surface area contributed by atoms with Crippen molar-refractivity contribution in [3.8, 4) is 0 Å². The number of fused-ring (bicyclic) bond motifs is 1. The first-order chi connectivity index (χ1) is 13.2. The highest BCUT2D eigenvalue weighted by Crippen LogP contribution is 2.32. The molecule has 11 heteroatoms. The van der Waals surface area contributed by atoms with Gasteiger partial charge in [0.1, 0.15) is 6.04 Å². The number of hydrogen-bond donors (Lipinski definition) is 1. The number of nitrogens with one attached hydrogen (secondary N) is 1. The van der Waals surface area contributed by atoms with Crippen LogP contribution in [0.3, 0.4) is 0 Å². The molecule has 0 aliphatic carbocycles. The molecule has 0 fully saturated rings. The normalized spacial score (nSPS) is 12.0. The van der Waals surface area contributed by atoms with E-state index in [4.69, 9.17) is 34.8 Å². The van der Waals surface area contributed by atoms with Gasteiger partial charge in [0.15, 0.2) is 0 Å². The number of nitrogens with zero attached hydrogens (tertiary/aromatic N) is 3. The summed E-state index contributed by atoms with van der Waals surface area (Å²) in [5, 5.41) is 14.2. The molecule has 1 aromatic heterocycles. The molecule has 0 radical (unpaired) electrons. The van der Waals surface area contributed by atoms with Crippen molar-refractivity contribution in [2.24, 2.45) is 0 Å². The quantitative estimate of drug-likeness (QED) is 0.365. The highest BCUT2D eigenvalue weighted by atomic mass is 35.5. The molecule has 1 atom stereocenters. The van der Waals surface area contributed by atoms with Crippen LogP contribution in [0.25, 0.3) is 10.9 Å². The molecule has 0 aliphatic heterocycles. The van der Waals surface area contributed by atoms with Crippen molar-refractivity contribution in [1.82, 2.24) is 9.55 Å². The molecule has 0 aliphatic rings. The Morgan fingerprint density at radius 3 is 2.54 bits per heavy atom. The third kappa shape index (κ3) is 3.80. The zero-order valence-corrected chi connectivity index (χ0v) is 16.4. The third-order valence-corrected chi connectivity index (χ3v) is 5.08. The number of hydrogen-bond acceptors (Lipinski definition) is 5. The number of carbonyl (C=O) groups excluding carboxylic acids is 1. The highest BCUT2D eigenvalue weighted by molar-refractivity contribution is 6.44. The first-order valence-electron chi connectivity index (χ1n) is 7.79. The van der Waals surface area contributed by atoms with Crippen molar-refractivity contribution in [2.75, 3.05) is 5.32 Å². The maximum absolute atomic E-state index is 12.7. The molecule has 0 spiro atoms. The Morgan fingerprint density at radius 2 is 1.86 bits per heavy atom. The van der Waals surface area contributed by atoms with Gasteiger partial charge in [0.2, 0.25) is 5.91 Å². The van der Waals surface area contributed by atoms with Crippen molar-refractivity contribution in [2.45, 2.75) is 13.0 Å². The number of non-ortho nitro benzene ring substituents is 1. The van der Waals surface area contributed by atoms with Crippen molar-refractivity contribution >= 4 is 63.0 Å². The lowest BCUT2D eigenvalue weighted by molar-refractivity contribution is -0.384. The van der Waals surface area contributed by atoms with E-state index in [1.165, 1.54) is 37.5 Å². The molecular weight excluding hydrogens is 431 g/mol. The minimum atomic E-state index is -0.978. The molecule has 0 saturated carbocycles. The zero-order chi connectivity index (χ0) is 20.6. The van der Waals surface area contributed by atoms with Crippen LogP contribution in [0, 0.1) is 10.1 Å². The van der Waals surface area contributed by atoms with Crippen molar-refractivity contribution < 1.29 is 9.72 Å². The van der Waals surface area contributed by atoms with Gasteiger partial charge >= 0.3 is 0 Å². The lowest BCUT2D eigenvalue weighted by Gasteiger charge is -2.16. The summed E-state index contributed by atoms with van der Waals surface area (Å²) >= 11 is 17.8. The van der Waals surface area contributed by atoms with E-state index in [1.54, 1.807) is 0 Å². The van der Waals surface area contributed by atoms with Crippen LogP contribution in [0.4, 0.5) is 11.4 Å². The highest BCUT2D eigenvalue weighted by Gasteiger charge is 2.20. The van der Waals surface area contributed by atoms with Gasteiger partial charge in [-0.3, -0.25) is 24.3 Å². The number of rotatable bonds is 4. The maximum Gasteiger partial charge on any atom is 0.270 e. The van der Waals surface area contributed by atoms with Crippen LogP contribution >= 0.6 is 34.8 Å². The summed E-state index contributed by atoms with van der Waals surface area (Å²) in [6.07, 6.45) is 1.21. The number of carbonyl (C=O) groups is 1. The van der Waals surface area contributed by atoms with Gasteiger partial charge in [0.25, 0.3) is 11.2 Å². The Kier molecular flexibility index (Phi) is 5.55. The predicted octanol–water partition coefficient (Wildman–Crippen LogP) is 4.46. The van der Waals surface area contributed by atoms with E-state index in [-0.39, 0.29) is 37.3 Å². The monoisotopic (exact) mass is 440 g/mol. The molecule has 1 amide bonds. The van der Waals surface area contributed by atoms with E-state index in [0.717, 1.165) is 10.6 Å². The summed E-state index contributed by atoms with van der Waals surface area (Å²) in [5.41, 5.74) is -0.322. The molecule has 1 N–H and O–H groups in total. The van der Waals surface area contributed by atoms with Gasteiger partial charge in [-0.05, 0) is 25.1 Å². The molecule has 3 rings (SSSR count). The van der Waals surface area contributed by atoms with Gasteiger partial charge in [-0.25, -0.2) is 4.98 Å². The third-order valence-electron chi connectivity index (χ3n) is 4.04. The van der Waals surface area contributed by atoms with Crippen LogP contribution in [0.5, 0.6) is 0 Å². The van der Waals surface area contributed by atoms with E-state index in [0.29, 0.717) is 0 Å². The smallest absolute Gasteiger partial charge is 0.270 e. The van der Waals surface area contributed by atoms with Crippen molar-refractivity contribution in [1.29, 1.82) is 0 Å². The first-order valence-corrected chi connectivity index (χ1v) is 8.93. The molecule has 0 bridgehead atoms. The van der Waals surface area contributed by atoms with Crippen LogP contribution in [0.1, 0.15) is 13.0 Å².